The lowest BCUT2D eigenvalue weighted by atomic mass is 9.84. The van der Waals surface area contributed by atoms with E-state index in [-0.39, 0.29) is 28.7 Å². The number of carbonyl (C=O) groups is 2. The second-order valence-corrected chi connectivity index (χ2v) is 7.55. The van der Waals surface area contributed by atoms with Crippen molar-refractivity contribution in [2.75, 3.05) is 0 Å². The molecule has 4 nitrogen and oxygen atoms in total. The molecule has 2 rings (SSSR count). The van der Waals surface area contributed by atoms with Crippen LogP contribution in [0.25, 0.3) is 0 Å². The fraction of sp³-hybridized carbons (Fsp3) is 0.867. The van der Waals surface area contributed by atoms with Crippen LogP contribution in [0.5, 0.6) is 0 Å². The highest BCUT2D eigenvalue weighted by Crippen LogP contribution is 2.68. The van der Waals surface area contributed by atoms with Crippen molar-refractivity contribution in [3.63, 3.8) is 0 Å². The predicted octanol–water partition coefficient (Wildman–Crippen LogP) is 2.43. The molecule has 2 fully saturated rings. The molecule has 0 aromatic rings. The van der Waals surface area contributed by atoms with Crippen LogP contribution < -0.4 is 5.32 Å². The standard InChI is InChI=1S/C15H25NO3/c1-13(2)10(14(13,3)4)11(17)16-9-7-6-8-15(9,5)12(18)19/h9-10H,6-8H2,1-5H3,(H,16,17)(H,18,19). The summed E-state index contributed by atoms with van der Waals surface area (Å²) >= 11 is 0. The van der Waals surface area contributed by atoms with Crippen molar-refractivity contribution < 1.29 is 14.7 Å². The van der Waals surface area contributed by atoms with Gasteiger partial charge in [0.1, 0.15) is 0 Å². The molecule has 2 unspecified atom stereocenters. The molecule has 2 N–H and O–H groups in total. The molecular formula is C15H25NO3. The van der Waals surface area contributed by atoms with Gasteiger partial charge in [0.15, 0.2) is 0 Å². The van der Waals surface area contributed by atoms with E-state index in [1.54, 1.807) is 6.92 Å². The van der Waals surface area contributed by atoms with Crippen molar-refractivity contribution >= 4 is 11.9 Å². The molecule has 0 aliphatic heterocycles. The highest BCUT2D eigenvalue weighted by Gasteiger charge is 2.68. The Morgan fingerprint density at radius 1 is 1.11 bits per heavy atom. The minimum Gasteiger partial charge on any atom is -0.481 e. The summed E-state index contributed by atoms with van der Waals surface area (Å²) in [5, 5.41) is 12.4. The Balaban J connectivity index is 2.07. The number of carboxylic acids is 1. The molecule has 0 bridgehead atoms. The minimum absolute atomic E-state index is 0.00465. The molecule has 108 valence electrons. The van der Waals surface area contributed by atoms with Gasteiger partial charge in [0.05, 0.1) is 5.41 Å². The number of carboxylic acid groups (broad SMARTS) is 1. The number of amides is 1. The third-order valence-corrected chi connectivity index (χ3v) is 6.05. The van der Waals surface area contributed by atoms with Crippen LogP contribution in [0.2, 0.25) is 0 Å². The number of hydrogen-bond acceptors (Lipinski definition) is 2. The van der Waals surface area contributed by atoms with Gasteiger partial charge < -0.3 is 10.4 Å². The van der Waals surface area contributed by atoms with E-state index in [1.807, 2.05) is 0 Å². The van der Waals surface area contributed by atoms with Gasteiger partial charge in [0.2, 0.25) is 5.91 Å². The van der Waals surface area contributed by atoms with E-state index in [0.717, 1.165) is 12.8 Å². The first-order chi connectivity index (χ1) is 8.55. The monoisotopic (exact) mass is 267 g/mol. The minimum atomic E-state index is -0.807. The highest BCUT2D eigenvalue weighted by atomic mass is 16.4. The summed E-state index contributed by atoms with van der Waals surface area (Å²) in [6, 6.07) is -0.232. The maximum Gasteiger partial charge on any atom is 0.311 e. The van der Waals surface area contributed by atoms with Crippen molar-refractivity contribution in [1.82, 2.24) is 5.32 Å². The first-order valence-electron chi connectivity index (χ1n) is 7.09. The average molecular weight is 267 g/mol. The van der Waals surface area contributed by atoms with Crippen molar-refractivity contribution in [3.05, 3.63) is 0 Å². The van der Waals surface area contributed by atoms with Crippen LogP contribution in [0.3, 0.4) is 0 Å². The van der Waals surface area contributed by atoms with Gasteiger partial charge in [0.25, 0.3) is 0 Å². The smallest absolute Gasteiger partial charge is 0.311 e. The Labute approximate surface area is 115 Å². The first kappa shape index (κ1) is 14.4. The van der Waals surface area contributed by atoms with Crippen molar-refractivity contribution in [2.45, 2.75) is 59.9 Å². The molecule has 0 spiro atoms. The Morgan fingerprint density at radius 3 is 2.05 bits per heavy atom. The van der Waals surface area contributed by atoms with Gasteiger partial charge in [-0.15, -0.1) is 0 Å². The summed E-state index contributed by atoms with van der Waals surface area (Å²) in [7, 11) is 0. The van der Waals surface area contributed by atoms with Gasteiger partial charge in [-0.3, -0.25) is 9.59 Å². The van der Waals surface area contributed by atoms with Gasteiger partial charge in [0, 0.05) is 12.0 Å². The molecule has 0 aromatic carbocycles. The van der Waals surface area contributed by atoms with Crippen LogP contribution in [0.15, 0.2) is 0 Å². The number of rotatable bonds is 3. The molecule has 2 saturated carbocycles. The summed E-state index contributed by atoms with van der Waals surface area (Å²) in [6.07, 6.45) is 2.28. The van der Waals surface area contributed by atoms with Gasteiger partial charge in [-0.1, -0.05) is 34.1 Å². The van der Waals surface area contributed by atoms with E-state index in [4.69, 9.17) is 0 Å². The number of nitrogens with one attached hydrogen (secondary N) is 1. The third-order valence-electron chi connectivity index (χ3n) is 6.05. The number of carbonyl (C=O) groups excluding carboxylic acids is 1. The van der Waals surface area contributed by atoms with Gasteiger partial charge >= 0.3 is 5.97 Å². The Morgan fingerprint density at radius 2 is 1.63 bits per heavy atom. The van der Waals surface area contributed by atoms with E-state index in [0.29, 0.717) is 6.42 Å². The SMILES string of the molecule is CC1(C(=O)O)CCCC1NC(=O)C1C(C)(C)C1(C)C. The number of aliphatic carboxylic acids is 1. The Bertz CT molecular complexity index is 413. The zero-order chi connectivity index (χ0) is 14.6. The first-order valence-corrected chi connectivity index (χ1v) is 7.09. The normalized spacial score (nSPS) is 35.9. The average Bonchev–Trinajstić information content (AvgIpc) is 2.56. The van der Waals surface area contributed by atoms with E-state index >= 15 is 0 Å². The van der Waals surface area contributed by atoms with Gasteiger partial charge in [-0.2, -0.15) is 0 Å². The Kier molecular flexibility index (Phi) is 3.00. The maximum absolute atomic E-state index is 12.4. The molecule has 4 heteroatoms. The van der Waals surface area contributed by atoms with E-state index in [1.165, 1.54) is 0 Å². The lowest BCUT2D eigenvalue weighted by Crippen LogP contribution is -2.48. The molecular weight excluding hydrogens is 242 g/mol. The molecule has 2 aliphatic rings. The summed E-state index contributed by atoms with van der Waals surface area (Å²) in [4.78, 5) is 23.8. The second-order valence-electron chi connectivity index (χ2n) is 7.55. The summed E-state index contributed by atoms with van der Waals surface area (Å²) in [5.74, 6) is -0.794. The molecule has 0 saturated heterocycles. The van der Waals surface area contributed by atoms with Crippen LogP contribution in [-0.2, 0) is 9.59 Å². The molecule has 0 aromatic heterocycles. The predicted molar refractivity (Wildman–Crippen MR) is 72.6 cm³/mol. The fourth-order valence-electron chi connectivity index (χ4n) is 3.76. The topological polar surface area (TPSA) is 66.4 Å². The van der Waals surface area contributed by atoms with Crippen molar-refractivity contribution in [1.29, 1.82) is 0 Å². The zero-order valence-electron chi connectivity index (χ0n) is 12.5. The largest absolute Gasteiger partial charge is 0.481 e. The lowest BCUT2D eigenvalue weighted by Gasteiger charge is -2.28. The van der Waals surface area contributed by atoms with Crippen LogP contribution in [0, 0.1) is 22.2 Å². The maximum atomic E-state index is 12.4. The molecule has 0 heterocycles. The molecule has 2 atom stereocenters. The molecule has 19 heavy (non-hydrogen) atoms. The van der Waals surface area contributed by atoms with Crippen molar-refractivity contribution in [3.8, 4) is 0 Å². The molecule has 2 aliphatic carbocycles. The summed E-state index contributed by atoms with van der Waals surface area (Å²) < 4.78 is 0. The van der Waals surface area contributed by atoms with Crippen LogP contribution >= 0.6 is 0 Å². The van der Waals surface area contributed by atoms with Gasteiger partial charge in [-0.05, 0) is 30.6 Å². The highest BCUT2D eigenvalue weighted by molar-refractivity contribution is 5.85. The van der Waals surface area contributed by atoms with Crippen molar-refractivity contribution in [2.24, 2.45) is 22.2 Å². The Hall–Kier alpha value is -1.06. The molecule has 1 amide bonds. The quantitative estimate of drug-likeness (QED) is 0.825. The van der Waals surface area contributed by atoms with E-state index in [9.17, 15) is 14.7 Å². The lowest BCUT2D eigenvalue weighted by molar-refractivity contribution is -0.149. The summed E-state index contributed by atoms with van der Waals surface area (Å²) in [6.45, 7) is 10.1. The second kappa shape index (κ2) is 3.97. The zero-order valence-corrected chi connectivity index (χ0v) is 12.5. The fourth-order valence-corrected chi connectivity index (χ4v) is 3.76. The van der Waals surface area contributed by atoms with Crippen LogP contribution in [0.1, 0.15) is 53.9 Å². The van der Waals surface area contributed by atoms with Crippen LogP contribution in [0.4, 0.5) is 0 Å². The van der Waals surface area contributed by atoms with E-state index < -0.39 is 11.4 Å². The number of hydrogen-bond donors (Lipinski definition) is 2. The van der Waals surface area contributed by atoms with Gasteiger partial charge in [-0.25, -0.2) is 0 Å². The third kappa shape index (κ3) is 1.87. The molecule has 0 radical (unpaired) electrons. The van der Waals surface area contributed by atoms with Crippen LogP contribution in [-0.4, -0.2) is 23.0 Å². The van der Waals surface area contributed by atoms with E-state index in [2.05, 4.69) is 33.0 Å². The summed E-state index contributed by atoms with van der Waals surface area (Å²) in [5.41, 5.74) is -0.816.